The van der Waals surface area contributed by atoms with Crippen LogP contribution in [0.3, 0.4) is 0 Å². The van der Waals surface area contributed by atoms with Crippen molar-refractivity contribution in [2.75, 3.05) is 19.4 Å². The highest BCUT2D eigenvalue weighted by molar-refractivity contribution is 5.80. The molecular formula is C19H30N2. The van der Waals surface area contributed by atoms with Gasteiger partial charge in [-0.3, -0.25) is 0 Å². The summed E-state index contributed by atoms with van der Waals surface area (Å²) in [4.78, 5) is 2.16. The number of para-hydroxylation sites is 1. The molecule has 0 atom stereocenters. The molecule has 1 aliphatic carbocycles. The van der Waals surface area contributed by atoms with Gasteiger partial charge in [0.2, 0.25) is 0 Å². The third-order valence-electron chi connectivity index (χ3n) is 3.15. The molecule has 2 rings (SSSR count). The standard InChI is InChI=1S/C17H24N2.C2H6/c1-17(2,3)18-16-9-7-6-8-15(16)13-10-11-14(12-13)19(4)5;1-2/h6-9,11-12,18H,10H2,1-5H3;1-2H3. The molecule has 116 valence electrons. The van der Waals surface area contributed by atoms with Crippen LogP contribution in [0.1, 0.15) is 46.6 Å². The summed E-state index contributed by atoms with van der Waals surface area (Å²) >= 11 is 0. The highest BCUT2D eigenvalue weighted by Gasteiger charge is 2.16. The van der Waals surface area contributed by atoms with E-state index in [0.29, 0.717) is 0 Å². The van der Waals surface area contributed by atoms with Gasteiger partial charge in [0.05, 0.1) is 0 Å². The molecule has 21 heavy (non-hydrogen) atoms. The molecular weight excluding hydrogens is 256 g/mol. The summed E-state index contributed by atoms with van der Waals surface area (Å²) in [6.07, 6.45) is 5.57. The molecule has 2 heteroatoms. The maximum atomic E-state index is 3.59. The minimum atomic E-state index is 0.0765. The van der Waals surface area contributed by atoms with Gasteiger partial charge in [0.25, 0.3) is 0 Å². The molecule has 2 nitrogen and oxygen atoms in total. The molecule has 1 aromatic rings. The number of rotatable bonds is 3. The first-order chi connectivity index (χ1) is 9.87. The average molecular weight is 286 g/mol. The molecule has 0 radical (unpaired) electrons. The molecule has 0 aromatic heterocycles. The predicted molar refractivity (Wildman–Crippen MR) is 95.5 cm³/mol. The van der Waals surface area contributed by atoms with Crippen molar-refractivity contribution >= 4 is 11.3 Å². The zero-order valence-electron chi connectivity index (χ0n) is 14.6. The number of hydrogen-bond donors (Lipinski definition) is 1. The third-order valence-corrected chi connectivity index (χ3v) is 3.15. The Balaban J connectivity index is 0.00000106. The summed E-state index contributed by atoms with van der Waals surface area (Å²) in [6.45, 7) is 10.6. The zero-order chi connectivity index (χ0) is 16.0. The van der Waals surface area contributed by atoms with Gasteiger partial charge in [0, 0.05) is 36.6 Å². The van der Waals surface area contributed by atoms with Gasteiger partial charge in [-0.25, -0.2) is 0 Å². The highest BCUT2D eigenvalue weighted by atomic mass is 15.1. The molecule has 0 fully saturated rings. The highest BCUT2D eigenvalue weighted by Crippen LogP contribution is 2.33. The van der Waals surface area contributed by atoms with Gasteiger partial charge in [-0.1, -0.05) is 38.1 Å². The van der Waals surface area contributed by atoms with Crippen LogP contribution in [0.25, 0.3) is 5.57 Å². The number of likely N-dealkylation sites (N-methyl/N-ethyl adjacent to an activating group) is 1. The Bertz CT molecular complexity index is 517. The van der Waals surface area contributed by atoms with Crippen LogP contribution in [0.4, 0.5) is 5.69 Å². The number of nitrogens with zero attached hydrogens (tertiary/aromatic N) is 1. The van der Waals surface area contributed by atoms with E-state index in [-0.39, 0.29) is 5.54 Å². The lowest BCUT2D eigenvalue weighted by Gasteiger charge is -2.24. The van der Waals surface area contributed by atoms with Crippen molar-refractivity contribution in [1.82, 2.24) is 4.90 Å². The number of allylic oxidation sites excluding steroid dienone is 3. The molecule has 0 heterocycles. The van der Waals surface area contributed by atoms with E-state index in [1.165, 1.54) is 22.5 Å². The van der Waals surface area contributed by atoms with E-state index < -0.39 is 0 Å². The first-order valence-electron chi connectivity index (χ1n) is 7.82. The quantitative estimate of drug-likeness (QED) is 0.826. The van der Waals surface area contributed by atoms with Crippen LogP contribution in [0.2, 0.25) is 0 Å². The lowest BCUT2D eigenvalue weighted by atomic mass is 10.0. The second-order valence-electron chi connectivity index (χ2n) is 6.32. The Morgan fingerprint density at radius 1 is 1.05 bits per heavy atom. The number of anilines is 1. The van der Waals surface area contributed by atoms with Gasteiger partial charge in [0.15, 0.2) is 0 Å². The largest absolute Gasteiger partial charge is 0.380 e. The van der Waals surface area contributed by atoms with Gasteiger partial charge >= 0.3 is 0 Å². The Morgan fingerprint density at radius 3 is 2.19 bits per heavy atom. The minimum Gasteiger partial charge on any atom is -0.380 e. The van der Waals surface area contributed by atoms with E-state index in [1.54, 1.807) is 0 Å². The summed E-state index contributed by atoms with van der Waals surface area (Å²) in [5, 5.41) is 3.59. The van der Waals surface area contributed by atoms with Crippen LogP contribution in [-0.2, 0) is 0 Å². The van der Waals surface area contributed by atoms with Gasteiger partial charge < -0.3 is 10.2 Å². The van der Waals surface area contributed by atoms with Gasteiger partial charge in [-0.15, -0.1) is 0 Å². The molecule has 0 aliphatic heterocycles. The maximum absolute atomic E-state index is 3.59. The first kappa shape index (κ1) is 17.4. The van der Waals surface area contributed by atoms with E-state index in [9.17, 15) is 0 Å². The number of benzene rings is 1. The molecule has 0 amide bonds. The molecule has 0 spiro atoms. The van der Waals surface area contributed by atoms with E-state index in [0.717, 1.165) is 6.42 Å². The van der Waals surface area contributed by atoms with Gasteiger partial charge in [-0.05, 0) is 44.9 Å². The molecule has 1 N–H and O–H groups in total. The maximum Gasteiger partial charge on any atom is 0.0420 e. The summed E-state index contributed by atoms with van der Waals surface area (Å²) in [6, 6.07) is 8.56. The number of nitrogens with one attached hydrogen (secondary N) is 1. The van der Waals surface area contributed by atoms with Crippen molar-refractivity contribution in [3.05, 3.63) is 47.7 Å². The Labute approximate surface area is 130 Å². The van der Waals surface area contributed by atoms with Crippen LogP contribution >= 0.6 is 0 Å². The van der Waals surface area contributed by atoms with E-state index in [4.69, 9.17) is 0 Å². The van der Waals surface area contributed by atoms with E-state index in [2.05, 4.69) is 81.5 Å². The van der Waals surface area contributed by atoms with Gasteiger partial charge in [0.1, 0.15) is 0 Å². The fraction of sp³-hybridized carbons (Fsp3) is 0.474. The van der Waals surface area contributed by atoms with Crippen LogP contribution in [0, 0.1) is 0 Å². The third kappa shape index (κ3) is 4.96. The molecule has 0 unspecified atom stereocenters. The van der Waals surface area contributed by atoms with Crippen molar-refractivity contribution in [3.8, 4) is 0 Å². The Kier molecular flexibility index (Phi) is 6.07. The minimum absolute atomic E-state index is 0.0765. The average Bonchev–Trinajstić information content (AvgIpc) is 2.89. The smallest absolute Gasteiger partial charge is 0.0420 e. The fourth-order valence-corrected chi connectivity index (χ4v) is 2.29. The van der Waals surface area contributed by atoms with Crippen LogP contribution < -0.4 is 5.32 Å². The predicted octanol–water partition coefficient (Wildman–Crippen LogP) is 5.16. The summed E-state index contributed by atoms with van der Waals surface area (Å²) < 4.78 is 0. The van der Waals surface area contributed by atoms with Crippen LogP contribution in [0.15, 0.2) is 42.1 Å². The van der Waals surface area contributed by atoms with Crippen molar-refractivity contribution in [1.29, 1.82) is 0 Å². The van der Waals surface area contributed by atoms with E-state index in [1.807, 2.05) is 13.8 Å². The normalized spacial score (nSPS) is 13.9. The number of hydrogen-bond acceptors (Lipinski definition) is 2. The summed E-state index contributed by atoms with van der Waals surface area (Å²) in [5.74, 6) is 0. The fourth-order valence-electron chi connectivity index (χ4n) is 2.29. The van der Waals surface area contributed by atoms with Crippen molar-refractivity contribution < 1.29 is 0 Å². The molecule has 1 aromatic carbocycles. The summed E-state index contributed by atoms with van der Waals surface area (Å²) in [5.41, 5.74) is 5.28. The van der Waals surface area contributed by atoms with Crippen LogP contribution in [-0.4, -0.2) is 24.5 Å². The second kappa shape index (κ2) is 7.35. The Hall–Kier alpha value is -1.70. The van der Waals surface area contributed by atoms with Crippen molar-refractivity contribution in [2.45, 2.75) is 46.6 Å². The van der Waals surface area contributed by atoms with Crippen molar-refractivity contribution in [2.24, 2.45) is 0 Å². The van der Waals surface area contributed by atoms with Crippen molar-refractivity contribution in [3.63, 3.8) is 0 Å². The van der Waals surface area contributed by atoms with Crippen LogP contribution in [0.5, 0.6) is 0 Å². The lowest BCUT2D eigenvalue weighted by Crippen LogP contribution is -2.26. The van der Waals surface area contributed by atoms with Gasteiger partial charge in [-0.2, -0.15) is 0 Å². The molecule has 0 bridgehead atoms. The Morgan fingerprint density at radius 2 is 1.67 bits per heavy atom. The summed E-state index contributed by atoms with van der Waals surface area (Å²) in [7, 11) is 4.18. The molecule has 0 saturated heterocycles. The molecule has 0 saturated carbocycles. The second-order valence-corrected chi connectivity index (χ2v) is 6.32. The first-order valence-corrected chi connectivity index (χ1v) is 7.82. The zero-order valence-corrected chi connectivity index (χ0v) is 14.6. The monoisotopic (exact) mass is 286 g/mol. The topological polar surface area (TPSA) is 15.3 Å². The van der Waals surface area contributed by atoms with E-state index >= 15 is 0 Å². The molecule has 1 aliphatic rings. The lowest BCUT2D eigenvalue weighted by molar-refractivity contribution is 0.531. The SMILES string of the molecule is CC.CN(C)C1=CCC(c2ccccc2NC(C)(C)C)=C1.